The zero-order chi connectivity index (χ0) is 11.0. The van der Waals surface area contributed by atoms with E-state index in [0.29, 0.717) is 0 Å². The lowest BCUT2D eigenvalue weighted by Crippen LogP contribution is -2.28. The molecule has 0 bridgehead atoms. The molecule has 1 aromatic rings. The summed E-state index contributed by atoms with van der Waals surface area (Å²) in [7, 11) is 1.89. The van der Waals surface area contributed by atoms with Crippen molar-refractivity contribution in [3.63, 3.8) is 0 Å². The minimum atomic E-state index is 0.135. The normalized spacial score (nSPS) is 23.9. The van der Waals surface area contributed by atoms with Crippen LogP contribution in [0.2, 0.25) is 0 Å². The first-order chi connectivity index (χ1) is 7.08. The van der Waals surface area contributed by atoms with Crippen LogP contribution < -0.4 is 0 Å². The van der Waals surface area contributed by atoms with E-state index in [4.69, 9.17) is 0 Å². The standard InChI is InChI=1S/C11H14BrNOS/c1-7-3-8(7)5-13(2)11(14)9-4-10(12)15-6-9/h4,6-8H,3,5H2,1-2H3. The van der Waals surface area contributed by atoms with Crippen molar-refractivity contribution in [3.8, 4) is 0 Å². The lowest BCUT2D eigenvalue weighted by atomic mass is 10.2. The Morgan fingerprint density at radius 3 is 2.87 bits per heavy atom. The van der Waals surface area contributed by atoms with Gasteiger partial charge in [-0.2, -0.15) is 0 Å². The summed E-state index contributed by atoms with van der Waals surface area (Å²) in [6.45, 7) is 3.14. The maximum Gasteiger partial charge on any atom is 0.254 e. The van der Waals surface area contributed by atoms with Crippen molar-refractivity contribution in [2.45, 2.75) is 13.3 Å². The Morgan fingerprint density at radius 2 is 2.40 bits per heavy atom. The van der Waals surface area contributed by atoms with Gasteiger partial charge < -0.3 is 4.90 Å². The van der Waals surface area contributed by atoms with Crippen LogP contribution in [-0.4, -0.2) is 24.4 Å². The van der Waals surface area contributed by atoms with Gasteiger partial charge >= 0.3 is 0 Å². The Balaban J connectivity index is 1.95. The molecule has 4 heteroatoms. The Labute approximate surface area is 102 Å². The molecule has 1 saturated carbocycles. The van der Waals surface area contributed by atoms with Gasteiger partial charge in [0.2, 0.25) is 0 Å². The predicted molar refractivity (Wildman–Crippen MR) is 66.3 cm³/mol. The van der Waals surface area contributed by atoms with Gasteiger partial charge in [-0.3, -0.25) is 4.79 Å². The van der Waals surface area contributed by atoms with Crippen molar-refractivity contribution >= 4 is 33.2 Å². The number of hydrogen-bond acceptors (Lipinski definition) is 2. The van der Waals surface area contributed by atoms with Crippen LogP contribution in [0.25, 0.3) is 0 Å². The van der Waals surface area contributed by atoms with Gasteiger partial charge in [0.05, 0.1) is 9.35 Å². The van der Waals surface area contributed by atoms with Crippen molar-refractivity contribution in [2.75, 3.05) is 13.6 Å². The molecule has 0 N–H and O–H groups in total. The number of thiophene rings is 1. The number of rotatable bonds is 3. The summed E-state index contributed by atoms with van der Waals surface area (Å²) in [5.41, 5.74) is 0.794. The molecule has 0 aliphatic heterocycles. The Bertz CT molecular complexity index is 376. The molecular weight excluding hydrogens is 274 g/mol. The fraction of sp³-hybridized carbons (Fsp3) is 0.545. The van der Waals surface area contributed by atoms with Crippen LogP contribution >= 0.6 is 27.3 Å². The monoisotopic (exact) mass is 287 g/mol. The molecule has 2 nitrogen and oxygen atoms in total. The van der Waals surface area contributed by atoms with Gasteiger partial charge in [-0.1, -0.05) is 6.92 Å². The molecule has 1 aromatic heterocycles. The van der Waals surface area contributed by atoms with E-state index in [1.54, 1.807) is 11.3 Å². The van der Waals surface area contributed by atoms with E-state index >= 15 is 0 Å². The van der Waals surface area contributed by atoms with Crippen molar-refractivity contribution in [2.24, 2.45) is 11.8 Å². The lowest BCUT2D eigenvalue weighted by Gasteiger charge is -2.15. The second kappa shape index (κ2) is 4.26. The van der Waals surface area contributed by atoms with Crippen molar-refractivity contribution in [3.05, 3.63) is 20.8 Å². The molecule has 15 heavy (non-hydrogen) atoms. The summed E-state index contributed by atoms with van der Waals surface area (Å²) < 4.78 is 1.01. The van der Waals surface area contributed by atoms with Gasteiger partial charge in [-0.15, -0.1) is 11.3 Å². The van der Waals surface area contributed by atoms with E-state index in [1.165, 1.54) is 6.42 Å². The van der Waals surface area contributed by atoms with Crippen molar-refractivity contribution in [1.29, 1.82) is 0 Å². The number of nitrogens with zero attached hydrogens (tertiary/aromatic N) is 1. The third-order valence-corrected chi connectivity index (χ3v) is 4.45. The highest BCUT2D eigenvalue weighted by Crippen LogP contribution is 2.38. The second-order valence-electron chi connectivity index (χ2n) is 4.30. The van der Waals surface area contributed by atoms with Crippen LogP contribution in [-0.2, 0) is 0 Å². The van der Waals surface area contributed by atoms with E-state index in [9.17, 15) is 4.79 Å². The smallest absolute Gasteiger partial charge is 0.254 e. The van der Waals surface area contributed by atoms with Crippen molar-refractivity contribution in [1.82, 2.24) is 4.90 Å². The summed E-state index contributed by atoms with van der Waals surface area (Å²) in [6, 6.07) is 1.89. The first-order valence-electron chi connectivity index (χ1n) is 5.07. The van der Waals surface area contributed by atoms with E-state index < -0.39 is 0 Å². The number of carbonyl (C=O) groups excluding carboxylic acids is 1. The topological polar surface area (TPSA) is 20.3 Å². The third kappa shape index (κ3) is 2.61. The summed E-state index contributed by atoms with van der Waals surface area (Å²) >= 11 is 4.92. The maximum atomic E-state index is 11.9. The summed E-state index contributed by atoms with van der Waals surface area (Å²) in [5, 5.41) is 1.90. The lowest BCUT2D eigenvalue weighted by molar-refractivity contribution is 0.0787. The number of amides is 1. The molecule has 1 fully saturated rings. The van der Waals surface area contributed by atoms with Crippen LogP contribution in [0, 0.1) is 11.8 Å². The Kier molecular flexibility index (Phi) is 3.16. The van der Waals surface area contributed by atoms with E-state index in [1.807, 2.05) is 23.4 Å². The quantitative estimate of drug-likeness (QED) is 0.836. The van der Waals surface area contributed by atoms with Gasteiger partial charge in [0.15, 0.2) is 0 Å². The third-order valence-electron chi connectivity index (χ3n) is 2.95. The molecule has 1 amide bonds. The highest BCUT2D eigenvalue weighted by molar-refractivity contribution is 9.11. The average molecular weight is 288 g/mol. The Morgan fingerprint density at radius 1 is 1.73 bits per heavy atom. The molecule has 0 saturated heterocycles. The fourth-order valence-electron chi connectivity index (χ4n) is 1.73. The molecule has 2 unspecified atom stereocenters. The molecule has 0 radical (unpaired) electrons. The maximum absolute atomic E-state index is 11.9. The van der Waals surface area contributed by atoms with Crippen LogP contribution in [0.5, 0.6) is 0 Å². The van der Waals surface area contributed by atoms with Gasteiger partial charge in [0, 0.05) is 19.0 Å². The highest BCUT2D eigenvalue weighted by atomic mass is 79.9. The molecule has 2 rings (SSSR count). The molecular formula is C11H14BrNOS. The number of halogens is 1. The highest BCUT2D eigenvalue weighted by Gasteiger charge is 2.34. The summed E-state index contributed by atoms with van der Waals surface area (Å²) in [5.74, 6) is 1.66. The first-order valence-corrected chi connectivity index (χ1v) is 6.74. The van der Waals surface area contributed by atoms with Gasteiger partial charge in [0.1, 0.15) is 0 Å². The zero-order valence-electron chi connectivity index (χ0n) is 8.87. The minimum absolute atomic E-state index is 0.135. The first kappa shape index (κ1) is 11.1. The van der Waals surface area contributed by atoms with Crippen LogP contribution in [0.3, 0.4) is 0 Å². The number of carbonyl (C=O) groups is 1. The molecule has 82 valence electrons. The van der Waals surface area contributed by atoms with Crippen LogP contribution in [0.4, 0.5) is 0 Å². The molecule has 1 aliphatic carbocycles. The second-order valence-corrected chi connectivity index (χ2v) is 6.59. The summed E-state index contributed by atoms with van der Waals surface area (Å²) in [6.07, 6.45) is 1.27. The van der Waals surface area contributed by atoms with E-state index in [2.05, 4.69) is 22.9 Å². The average Bonchev–Trinajstić information content (AvgIpc) is 2.71. The number of hydrogen-bond donors (Lipinski definition) is 0. The molecule has 0 aromatic carbocycles. The van der Waals surface area contributed by atoms with Crippen LogP contribution in [0.1, 0.15) is 23.7 Å². The minimum Gasteiger partial charge on any atom is -0.341 e. The zero-order valence-corrected chi connectivity index (χ0v) is 11.3. The Hall–Kier alpha value is -0.350. The fourth-order valence-corrected chi connectivity index (χ4v) is 2.86. The van der Waals surface area contributed by atoms with Crippen molar-refractivity contribution < 1.29 is 4.79 Å². The SMILES string of the molecule is CC1CC1CN(C)C(=O)c1csc(Br)c1. The molecule has 1 heterocycles. The molecule has 2 atom stereocenters. The van der Waals surface area contributed by atoms with Crippen LogP contribution in [0.15, 0.2) is 15.2 Å². The van der Waals surface area contributed by atoms with E-state index in [0.717, 1.165) is 27.7 Å². The van der Waals surface area contributed by atoms with E-state index in [-0.39, 0.29) is 5.91 Å². The van der Waals surface area contributed by atoms with Gasteiger partial charge in [-0.05, 0) is 40.3 Å². The molecule has 1 aliphatic rings. The largest absolute Gasteiger partial charge is 0.341 e. The predicted octanol–water partition coefficient (Wildman–Crippen LogP) is 3.24. The summed E-state index contributed by atoms with van der Waals surface area (Å²) in [4.78, 5) is 13.8. The van der Waals surface area contributed by atoms with Gasteiger partial charge in [0.25, 0.3) is 5.91 Å². The molecule has 0 spiro atoms. The van der Waals surface area contributed by atoms with Gasteiger partial charge in [-0.25, -0.2) is 0 Å².